The summed E-state index contributed by atoms with van der Waals surface area (Å²) in [4.78, 5) is 16.4. The molecule has 3 nitrogen and oxygen atoms in total. The Kier molecular flexibility index (Phi) is 9.55. The predicted molar refractivity (Wildman–Crippen MR) is 166 cm³/mol. The summed E-state index contributed by atoms with van der Waals surface area (Å²) in [6.45, 7) is 8.07. The second-order valence-corrected chi connectivity index (χ2v) is 10.3. The number of nitrogens with zero attached hydrogens (tertiary/aromatic N) is 1. The fraction of sp³-hybridized carbons (Fsp3) is 0.278. The Bertz CT molecular complexity index is 1800. The predicted octanol–water partition coefficient (Wildman–Crippen LogP) is 9.95. The number of carbonyl (C=O) groups is 1. The van der Waals surface area contributed by atoms with E-state index in [4.69, 9.17) is 4.98 Å². The number of aromatic nitrogens is 1. The van der Waals surface area contributed by atoms with Gasteiger partial charge in [-0.05, 0) is 53.3 Å². The van der Waals surface area contributed by atoms with E-state index in [2.05, 4.69) is 66.7 Å². The molecule has 40 heavy (non-hydrogen) atoms. The van der Waals surface area contributed by atoms with Gasteiger partial charge in [0.1, 0.15) is 0 Å². The van der Waals surface area contributed by atoms with Crippen LogP contribution in [0.4, 0.5) is 0 Å². The van der Waals surface area contributed by atoms with Crippen molar-refractivity contribution in [3.05, 3.63) is 90.8 Å². The molecule has 6 rings (SSSR count). The number of hydrogen-bond donors (Lipinski definition) is 1. The van der Waals surface area contributed by atoms with Crippen molar-refractivity contribution in [2.75, 3.05) is 0 Å². The van der Waals surface area contributed by atoms with Crippen LogP contribution in [0.3, 0.4) is 0 Å². The molecule has 5 aromatic carbocycles. The van der Waals surface area contributed by atoms with Gasteiger partial charge in [0.2, 0.25) is 0 Å². The van der Waals surface area contributed by atoms with Crippen molar-refractivity contribution >= 4 is 59.8 Å². The van der Waals surface area contributed by atoms with Crippen LogP contribution in [0, 0.1) is 17.9 Å². The van der Waals surface area contributed by atoms with Crippen LogP contribution in [0.25, 0.3) is 54.0 Å². The molecule has 207 valence electrons. The third-order valence-electron chi connectivity index (χ3n) is 8.19. The van der Waals surface area contributed by atoms with Crippen LogP contribution in [-0.4, -0.2) is 15.9 Å². The summed E-state index contributed by atoms with van der Waals surface area (Å²) in [7, 11) is 0. The first kappa shape index (κ1) is 29.6. The molecule has 1 N–H and O–H groups in total. The molecule has 1 heterocycles. The van der Waals surface area contributed by atoms with E-state index in [0.29, 0.717) is 0 Å². The van der Waals surface area contributed by atoms with Gasteiger partial charge in [0, 0.05) is 49.7 Å². The number of ketones is 1. The van der Waals surface area contributed by atoms with Gasteiger partial charge in [0.25, 0.3) is 0 Å². The Hall–Kier alpha value is -3.33. The summed E-state index contributed by atoms with van der Waals surface area (Å²) in [5.41, 5.74) is 1.04. The zero-order valence-corrected chi connectivity index (χ0v) is 26.0. The molecule has 0 aliphatic carbocycles. The van der Waals surface area contributed by atoms with Gasteiger partial charge in [0.05, 0.1) is 5.76 Å². The van der Waals surface area contributed by atoms with Gasteiger partial charge in [-0.3, -0.25) is 9.78 Å². The van der Waals surface area contributed by atoms with Crippen LogP contribution in [0.2, 0.25) is 0 Å². The van der Waals surface area contributed by atoms with Crippen molar-refractivity contribution in [1.82, 2.24) is 4.98 Å². The number of fused-ring (bicyclic) bond motifs is 5. The van der Waals surface area contributed by atoms with Crippen molar-refractivity contribution in [2.24, 2.45) is 11.8 Å². The van der Waals surface area contributed by atoms with Gasteiger partial charge in [-0.25, -0.2) is 0 Å². The third-order valence-corrected chi connectivity index (χ3v) is 8.19. The zero-order chi connectivity index (χ0) is 27.5. The van der Waals surface area contributed by atoms with Gasteiger partial charge in [-0.15, -0.1) is 17.5 Å². The molecule has 0 amide bonds. The minimum absolute atomic E-state index is 0. The monoisotopic (exact) mass is 707 g/mol. The minimum atomic E-state index is 0. The largest absolute Gasteiger partial charge is 0.512 e. The van der Waals surface area contributed by atoms with Crippen LogP contribution < -0.4 is 0 Å². The summed E-state index contributed by atoms with van der Waals surface area (Å²) in [6, 6.07) is 27.4. The maximum atomic E-state index is 11.7. The second-order valence-electron chi connectivity index (χ2n) is 10.3. The average Bonchev–Trinajstić information content (AvgIpc) is 2.97. The molecule has 0 unspecified atom stereocenters. The first-order valence-electron chi connectivity index (χ1n) is 14.2. The van der Waals surface area contributed by atoms with Crippen molar-refractivity contribution < 1.29 is 30.0 Å². The first-order valence-corrected chi connectivity index (χ1v) is 14.2. The quantitative estimate of drug-likeness (QED) is 0.0591. The molecule has 1 radical (unpaired) electrons. The molecule has 0 saturated heterocycles. The Morgan fingerprint density at radius 1 is 0.775 bits per heavy atom. The summed E-state index contributed by atoms with van der Waals surface area (Å²) in [6.07, 6.45) is 6.78. The van der Waals surface area contributed by atoms with E-state index < -0.39 is 0 Å². The fourth-order valence-electron chi connectivity index (χ4n) is 5.89. The number of allylic oxidation sites excluding steroid dienone is 2. The summed E-state index contributed by atoms with van der Waals surface area (Å²) in [5.74, 6) is 0.547. The van der Waals surface area contributed by atoms with E-state index in [9.17, 15) is 9.90 Å². The molecule has 0 saturated carbocycles. The maximum Gasteiger partial charge on any atom is 0.162 e. The Morgan fingerprint density at radius 2 is 1.43 bits per heavy atom. The average molecular weight is 707 g/mol. The van der Waals surface area contributed by atoms with Crippen LogP contribution in [0.15, 0.2) is 84.8 Å². The molecule has 6 aromatic rings. The third kappa shape index (κ3) is 5.36. The van der Waals surface area contributed by atoms with Crippen LogP contribution >= 0.6 is 0 Å². The Labute approximate surface area is 250 Å². The van der Waals surface area contributed by atoms with Crippen LogP contribution in [0.1, 0.15) is 53.4 Å². The Morgan fingerprint density at radius 3 is 2.15 bits per heavy atom. The minimum Gasteiger partial charge on any atom is -0.512 e. The van der Waals surface area contributed by atoms with E-state index in [1.165, 1.54) is 43.8 Å². The van der Waals surface area contributed by atoms with Crippen molar-refractivity contribution in [2.45, 2.75) is 53.4 Å². The number of benzene rings is 5. The molecule has 0 spiro atoms. The molecule has 0 bridgehead atoms. The van der Waals surface area contributed by atoms with Crippen LogP contribution in [0.5, 0.6) is 0 Å². The number of hydrogen-bond acceptors (Lipinski definition) is 3. The molecular weight excluding hydrogens is 671 g/mol. The number of carbonyl (C=O) groups excluding carboxylic acids is 1. The van der Waals surface area contributed by atoms with E-state index in [-0.39, 0.29) is 43.5 Å². The van der Waals surface area contributed by atoms with E-state index in [1.807, 2.05) is 40.0 Å². The second kappa shape index (κ2) is 12.9. The van der Waals surface area contributed by atoms with Gasteiger partial charge >= 0.3 is 0 Å². The SMILES string of the molecule is CCC(CC)C(=O)/C=C(\O)C(CC)CC.[Ir].[c-]1c2ccccc2c2ccc3cccc4c5cccnc5c1c2c34. The van der Waals surface area contributed by atoms with E-state index >= 15 is 0 Å². The fourth-order valence-corrected chi connectivity index (χ4v) is 5.89. The van der Waals surface area contributed by atoms with Gasteiger partial charge in [0.15, 0.2) is 5.78 Å². The number of aliphatic hydroxyl groups is 1. The smallest absolute Gasteiger partial charge is 0.162 e. The van der Waals surface area contributed by atoms with E-state index in [0.717, 1.165) is 42.0 Å². The molecule has 1 aromatic heterocycles. The van der Waals surface area contributed by atoms with Gasteiger partial charge in [-0.2, -0.15) is 0 Å². The topological polar surface area (TPSA) is 50.2 Å². The molecule has 0 aliphatic rings. The van der Waals surface area contributed by atoms with Gasteiger partial charge in [-0.1, -0.05) is 104 Å². The number of rotatable bonds is 7. The number of aliphatic hydroxyl groups excluding tert-OH is 1. The van der Waals surface area contributed by atoms with E-state index in [1.54, 1.807) is 0 Å². The molecular formula is C36H36IrNO2-. The van der Waals surface area contributed by atoms with Crippen LogP contribution in [-0.2, 0) is 24.9 Å². The molecule has 4 heteroatoms. The van der Waals surface area contributed by atoms with Crippen molar-refractivity contribution in [1.29, 1.82) is 0 Å². The summed E-state index contributed by atoms with van der Waals surface area (Å²) < 4.78 is 0. The zero-order valence-electron chi connectivity index (χ0n) is 23.6. The van der Waals surface area contributed by atoms with Crippen molar-refractivity contribution in [3.8, 4) is 0 Å². The van der Waals surface area contributed by atoms with Gasteiger partial charge < -0.3 is 5.11 Å². The summed E-state index contributed by atoms with van der Waals surface area (Å²) in [5, 5.41) is 20.9. The van der Waals surface area contributed by atoms with Crippen molar-refractivity contribution in [3.63, 3.8) is 0 Å². The molecule has 0 aliphatic heterocycles. The maximum absolute atomic E-state index is 11.7. The Balaban J connectivity index is 0.000000204. The normalized spacial score (nSPS) is 12.0. The standard InChI is InChI=1S/C23H12N.C13H24O2.Ir/c1-2-7-16-15(5-1)13-20-22-18(16)11-10-14-6-3-8-17(21(14)22)19-9-4-12-24-23(19)20;1-5-10(6-2)12(14)9-13(15)11(7-3)8-4;/h1-12H;9-11,14H,5-8H2,1-4H3;/q-1;;/b;12-9-;. The first-order chi connectivity index (χ1) is 19.0. The summed E-state index contributed by atoms with van der Waals surface area (Å²) >= 11 is 0. The number of pyridine rings is 1. The molecule has 0 atom stereocenters. The molecule has 0 fully saturated rings.